The summed E-state index contributed by atoms with van der Waals surface area (Å²) >= 11 is 0. The normalized spacial score (nSPS) is 16.8. The number of likely N-dealkylation sites (tertiary alicyclic amines) is 1. The van der Waals surface area contributed by atoms with Gasteiger partial charge in [-0.2, -0.15) is 4.31 Å². The zero-order chi connectivity index (χ0) is 24.2. The van der Waals surface area contributed by atoms with Crippen molar-refractivity contribution >= 4 is 21.8 Å². The number of halogens is 1. The average Bonchev–Trinajstić information content (AvgIpc) is 2.82. The molecule has 1 unspecified atom stereocenters. The molecule has 1 saturated heterocycles. The van der Waals surface area contributed by atoms with Gasteiger partial charge < -0.3 is 10.2 Å². The van der Waals surface area contributed by atoms with Gasteiger partial charge in [-0.15, -0.1) is 0 Å². The Hall–Kier alpha value is -2.78. The van der Waals surface area contributed by atoms with Crippen LogP contribution in [0.3, 0.4) is 0 Å². The summed E-state index contributed by atoms with van der Waals surface area (Å²) in [7, 11) is -2.01. The van der Waals surface area contributed by atoms with Gasteiger partial charge >= 0.3 is 0 Å². The maximum absolute atomic E-state index is 13.1. The Balaban J connectivity index is 1.57. The monoisotopic (exact) mass is 475 g/mol. The lowest BCUT2D eigenvalue weighted by molar-refractivity contribution is -0.126. The van der Waals surface area contributed by atoms with Crippen LogP contribution >= 0.6 is 0 Å². The number of benzene rings is 2. The molecule has 0 saturated carbocycles. The van der Waals surface area contributed by atoms with Gasteiger partial charge in [0.05, 0.1) is 10.8 Å². The molecule has 1 aliphatic rings. The number of sulfonamides is 1. The second-order valence-electron chi connectivity index (χ2n) is 8.57. The van der Waals surface area contributed by atoms with E-state index in [1.807, 2.05) is 0 Å². The van der Waals surface area contributed by atoms with Crippen molar-refractivity contribution in [3.05, 3.63) is 65.5 Å². The van der Waals surface area contributed by atoms with Crippen LogP contribution in [-0.2, 0) is 21.4 Å². The van der Waals surface area contributed by atoms with Crippen molar-refractivity contribution in [1.29, 1.82) is 0 Å². The Bertz CT molecular complexity index is 1090. The summed E-state index contributed by atoms with van der Waals surface area (Å²) in [5, 5.41) is 2.89. The first kappa shape index (κ1) is 24.9. The summed E-state index contributed by atoms with van der Waals surface area (Å²) in [4.78, 5) is 27.2. The van der Waals surface area contributed by atoms with E-state index in [1.165, 1.54) is 28.6 Å². The van der Waals surface area contributed by atoms with Gasteiger partial charge in [-0.3, -0.25) is 9.59 Å². The topological polar surface area (TPSA) is 86.8 Å². The van der Waals surface area contributed by atoms with E-state index >= 15 is 0 Å². The van der Waals surface area contributed by atoms with Crippen molar-refractivity contribution in [3.63, 3.8) is 0 Å². The van der Waals surface area contributed by atoms with Gasteiger partial charge in [0, 0.05) is 38.3 Å². The van der Waals surface area contributed by atoms with Crippen LogP contribution in [0.1, 0.15) is 42.6 Å². The van der Waals surface area contributed by atoms with E-state index in [2.05, 4.69) is 5.32 Å². The van der Waals surface area contributed by atoms with E-state index < -0.39 is 15.8 Å². The lowest BCUT2D eigenvalue weighted by Gasteiger charge is -2.32. The molecular weight excluding hydrogens is 445 g/mol. The van der Waals surface area contributed by atoms with Gasteiger partial charge in [0.25, 0.3) is 5.91 Å². The number of hydrogen-bond donors (Lipinski definition) is 1. The molecule has 1 fully saturated rings. The molecule has 3 rings (SSSR count). The highest BCUT2D eigenvalue weighted by Gasteiger charge is 2.29. The number of nitrogens with one attached hydrogen (secondary N) is 1. The first-order valence-electron chi connectivity index (χ1n) is 11.0. The fourth-order valence-corrected chi connectivity index (χ4v) is 5.07. The highest BCUT2D eigenvalue weighted by atomic mass is 32.2. The van der Waals surface area contributed by atoms with Crippen LogP contribution in [-0.4, -0.2) is 55.6 Å². The molecule has 2 aromatic rings. The van der Waals surface area contributed by atoms with Crippen LogP contribution in [0.2, 0.25) is 0 Å². The largest absolute Gasteiger partial charge is 0.352 e. The molecule has 9 heteroatoms. The molecule has 33 heavy (non-hydrogen) atoms. The van der Waals surface area contributed by atoms with Gasteiger partial charge in [-0.25, -0.2) is 12.8 Å². The van der Waals surface area contributed by atoms with Gasteiger partial charge in [-0.05, 0) is 68.7 Å². The molecule has 178 valence electrons. The SMILES string of the molecule is CC(C)N(C)S(=O)(=O)c1ccc(CNC(=O)C2CCCN(C(=O)c3ccc(F)cc3)C2)cc1. The van der Waals surface area contributed by atoms with Crippen molar-refractivity contribution in [2.75, 3.05) is 20.1 Å². The lowest BCUT2D eigenvalue weighted by Crippen LogP contribution is -2.45. The summed E-state index contributed by atoms with van der Waals surface area (Å²) in [5.74, 6) is -1.10. The molecular formula is C24H30FN3O4S. The van der Waals surface area contributed by atoms with E-state index in [1.54, 1.807) is 50.1 Å². The van der Waals surface area contributed by atoms with Crippen molar-refractivity contribution in [3.8, 4) is 0 Å². The van der Waals surface area contributed by atoms with Crippen LogP contribution in [0.5, 0.6) is 0 Å². The molecule has 0 radical (unpaired) electrons. The fourth-order valence-electron chi connectivity index (χ4n) is 3.71. The first-order valence-corrected chi connectivity index (χ1v) is 12.4. The van der Waals surface area contributed by atoms with Gasteiger partial charge in [0.15, 0.2) is 0 Å². The second-order valence-corrected chi connectivity index (χ2v) is 10.6. The minimum absolute atomic E-state index is 0.150. The van der Waals surface area contributed by atoms with E-state index in [0.717, 1.165) is 5.56 Å². The zero-order valence-corrected chi connectivity index (χ0v) is 19.9. The quantitative estimate of drug-likeness (QED) is 0.667. The Labute approximate surface area is 194 Å². The molecule has 1 N–H and O–H groups in total. The minimum atomic E-state index is -3.56. The van der Waals surface area contributed by atoms with Crippen molar-refractivity contribution in [2.24, 2.45) is 5.92 Å². The van der Waals surface area contributed by atoms with Crippen LogP contribution in [0.4, 0.5) is 4.39 Å². The Kier molecular flexibility index (Phi) is 7.86. The Morgan fingerprint density at radius 1 is 1.12 bits per heavy atom. The summed E-state index contributed by atoms with van der Waals surface area (Å²) in [6.45, 7) is 4.74. The summed E-state index contributed by atoms with van der Waals surface area (Å²) in [6, 6.07) is 11.7. The number of piperidine rings is 1. The molecule has 0 spiro atoms. The molecule has 1 atom stereocenters. The standard InChI is InChI=1S/C24H30FN3O4S/c1-17(2)27(3)33(31,32)22-12-6-18(7-13-22)15-26-23(29)20-5-4-14-28(16-20)24(30)19-8-10-21(25)11-9-19/h6-13,17,20H,4-5,14-16H2,1-3H3,(H,26,29). The van der Waals surface area contributed by atoms with Crippen molar-refractivity contribution in [2.45, 2.75) is 44.2 Å². The highest BCUT2D eigenvalue weighted by molar-refractivity contribution is 7.89. The first-order chi connectivity index (χ1) is 15.6. The zero-order valence-electron chi connectivity index (χ0n) is 19.1. The molecule has 0 aliphatic carbocycles. The minimum Gasteiger partial charge on any atom is -0.352 e. The van der Waals surface area contributed by atoms with E-state index in [0.29, 0.717) is 31.5 Å². The molecule has 7 nitrogen and oxygen atoms in total. The number of amides is 2. The number of rotatable bonds is 7. The summed E-state index contributed by atoms with van der Waals surface area (Å²) in [6.07, 6.45) is 1.39. The van der Waals surface area contributed by atoms with Gasteiger partial charge in [0.2, 0.25) is 15.9 Å². The molecule has 1 aliphatic heterocycles. The highest BCUT2D eigenvalue weighted by Crippen LogP contribution is 2.20. The lowest BCUT2D eigenvalue weighted by atomic mass is 9.96. The van der Waals surface area contributed by atoms with Gasteiger partial charge in [-0.1, -0.05) is 12.1 Å². The van der Waals surface area contributed by atoms with Crippen LogP contribution in [0.25, 0.3) is 0 Å². The summed E-state index contributed by atoms with van der Waals surface area (Å²) < 4.78 is 39.6. The maximum Gasteiger partial charge on any atom is 0.253 e. The number of nitrogens with zero attached hydrogens (tertiary/aromatic N) is 2. The molecule has 2 amide bonds. The smallest absolute Gasteiger partial charge is 0.253 e. The van der Waals surface area contributed by atoms with Crippen LogP contribution in [0, 0.1) is 11.7 Å². The number of carbonyl (C=O) groups is 2. The summed E-state index contributed by atoms with van der Waals surface area (Å²) in [5.41, 5.74) is 1.18. The molecule has 0 aromatic heterocycles. The third-order valence-electron chi connectivity index (χ3n) is 5.96. The fraction of sp³-hybridized carbons (Fsp3) is 0.417. The van der Waals surface area contributed by atoms with E-state index in [9.17, 15) is 22.4 Å². The van der Waals surface area contributed by atoms with E-state index in [-0.39, 0.29) is 35.2 Å². The molecule has 1 heterocycles. The van der Waals surface area contributed by atoms with Crippen LogP contribution in [0.15, 0.2) is 53.4 Å². The number of hydrogen-bond acceptors (Lipinski definition) is 4. The number of carbonyl (C=O) groups excluding carboxylic acids is 2. The average molecular weight is 476 g/mol. The second kappa shape index (κ2) is 10.4. The Morgan fingerprint density at radius 3 is 2.36 bits per heavy atom. The Morgan fingerprint density at radius 2 is 1.76 bits per heavy atom. The predicted octanol–water partition coefficient (Wildman–Crippen LogP) is 3.02. The van der Waals surface area contributed by atoms with Crippen LogP contribution < -0.4 is 5.32 Å². The third-order valence-corrected chi connectivity index (χ3v) is 8.01. The molecule has 0 bridgehead atoms. The maximum atomic E-state index is 13.1. The van der Waals surface area contributed by atoms with Gasteiger partial charge in [0.1, 0.15) is 5.82 Å². The van der Waals surface area contributed by atoms with Crippen molar-refractivity contribution in [1.82, 2.24) is 14.5 Å². The molecule has 2 aromatic carbocycles. The predicted molar refractivity (Wildman–Crippen MR) is 123 cm³/mol. The third kappa shape index (κ3) is 5.97. The van der Waals surface area contributed by atoms with Crippen molar-refractivity contribution < 1.29 is 22.4 Å². The van der Waals surface area contributed by atoms with E-state index in [4.69, 9.17) is 0 Å².